The number of pyridine rings is 1. The van der Waals surface area contributed by atoms with Crippen molar-refractivity contribution >= 4 is 34.7 Å². The van der Waals surface area contributed by atoms with Crippen LogP contribution in [0.4, 0.5) is 10.2 Å². The van der Waals surface area contributed by atoms with Gasteiger partial charge < -0.3 is 15.3 Å². The van der Waals surface area contributed by atoms with Crippen molar-refractivity contribution in [3.63, 3.8) is 0 Å². The van der Waals surface area contributed by atoms with Crippen molar-refractivity contribution in [3.8, 4) is 27.4 Å². The standard InChI is InChI=1S/C23H23ClFN3O2S/c1-13(2)26-23(30)18-4-3-9-28(18)22-11-14(20-7-8-21(24)31-20)10-17(27-22)16-12-15(25)5-6-19(16)29/h5-8,10-13,18,29H,3-4,9H2,1-2H3,(H,26,30)/t18-/m0/s1. The van der Waals surface area contributed by atoms with Crippen LogP contribution in [-0.2, 0) is 4.79 Å². The monoisotopic (exact) mass is 459 g/mol. The predicted octanol–water partition coefficient (Wildman–Crippen LogP) is 5.47. The summed E-state index contributed by atoms with van der Waals surface area (Å²) in [6.07, 6.45) is 1.60. The third kappa shape index (κ3) is 4.67. The molecule has 1 saturated heterocycles. The van der Waals surface area contributed by atoms with Gasteiger partial charge in [-0.15, -0.1) is 11.3 Å². The van der Waals surface area contributed by atoms with Crippen LogP contribution in [0.1, 0.15) is 26.7 Å². The van der Waals surface area contributed by atoms with Crippen LogP contribution in [0.25, 0.3) is 21.7 Å². The molecule has 1 atom stereocenters. The largest absolute Gasteiger partial charge is 0.507 e. The smallest absolute Gasteiger partial charge is 0.242 e. The maximum atomic E-state index is 13.9. The number of halogens is 2. The number of phenolic OH excluding ortho intramolecular Hbond substituents is 1. The highest BCUT2D eigenvalue weighted by Gasteiger charge is 2.32. The second-order valence-electron chi connectivity index (χ2n) is 7.88. The number of nitrogens with zero attached hydrogens (tertiary/aromatic N) is 2. The molecule has 162 valence electrons. The van der Waals surface area contributed by atoms with Crippen LogP contribution in [0.3, 0.4) is 0 Å². The molecule has 1 fully saturated rings. The summed E-state index contributed by atoms with van der Waals surface area (Å²) < 4.78 is 14.6. The molecule has 0 unspecified atom stereocenters. The van der Waals surface area contributed by atoms with E-state index in [1.165, 1.54) is 29.5 Å². The highest BCUT2D eigenvalue weighted by Crippen LogP contribution is 2.38. The van der Waals surface area contributed by atoms with Crippen molar-refractivity contribution in [2.24, 2.45) is 0 Å². The second-order valence-corrected chi connectivity index (χ2v) is 9.59. The molecule has 1 amide bonds. The lowest BCUT2D eigenvalue weighted by Crippen LogP contribution is -2.45. The number of amides is 1. The van der Waals surface area contributed by atoms with Crippen molar-refractivity contribution in [1.82, 2.24) is 10.3 Å². The Morgan fingerprint density at radius 2 is 2.10 bits per heavy atom. The molecule has 0 spiro atoms. The van der Waals surface area contributed by atoms with Gasteiger partial charge in [-0.25, -0.2) is 9.37 Å². The van der Waals surface area contributed by atoms with E-state index < -0.39 is 5.82 Å². The van der Waals surface area contributed by atoms with Crippen LogP contribution in [-0.4, -0.2) is 34.6 Å². The molecule has 4 rings (SSSR count). The lowest BCUT2D eigenvalue weighted by atomic mass is 10.1. The molecular formula is C23H23ClFN3O2S. The number of carbonyl (C=O) groups excluding carboxylic acids is 1. The minimum Gasteiger partial charge on any atom is -0.507 e. The number of aromatic hydroxyl groups is 1. The normalized spacial score (nSPS) is 16.2. The number of benzene rings is 1. The highest BCUT2D eigenvalue weighted by molar-refractivity contribution is 7.19. The van der Waals surface area contributed by atoms with Crippen LogP contribution in [0, 0.1) is 5.82 Å². The fourth-order valence-corrected chi connectivity index (χ4v) is 4.85. The summed E-state index contributed by atoms with van der Waals surface area (Å²) in [6.45, 7) is 4.55. The number of phenols is 1. The highest BCUT2D eigenvalue weighted by atomic mass is 35.5. The number of aromatic nitrogens is 1. The Kier molecular flexibility index (Phi) is 6.16. The number of nitrogens with one attached hydrogen (secondary N) is 1. The van der Waals surface area contributed by atoms with Crippen molar-refractivity contribution in [2.45, 2.75) is 38.8 Å². The van der Waals surface area contributed by atoms with Gasteiger partial charge in [-0.1, -0.05) is 11.6 Å². The van der Waals surface area contributed by atoms with E-state index in [1.807, 2.05) is 36.9 Å². The van der Waals surface area contributed by atoms with Gasteiger partial charge in [-0.2, -0.15) is 0 Å². The molecule has 1 aliphatic rings. The van der Waals surface area contributed by atoms with Gasteiger partial charge in [0.2, 0.25) is 5.91 Å². The van der Waals surface area contributed by atoms with Gasteiger partial charge in [0.1, 0.15) is 23.4 Å². The average molecular weight is 460 g/mol. The summed E-state index contributed by atoms with van der Waals surface area (Å²) in [5, 5.41) is 13.3. The molecule has 8 heteroatoms. The zero-order chi connectivity index (χ0) is 22.1. The first kappa shape index (κ1) is 21.6. The third-order valence-corrected chi connectivity index (χ3v) is 6.46. The zero-order valence-electron chi connectivity index (χ0n) is 17.2. The van der Waals surface area contributed by atoms with E-state index in [0.717, 1.165) is 23.3 Å². The number of hydrogen-bond acceptors (Lipinski definition) is 5. The van der Waals surface area contributed by atoms with Crippen LogP contribution in [0.2, 0.25) is 4.34 Å². The Morgan fingerprint density at radius 3 is 2.81 bits per heavy atom. The van der Waals surface area contributed by atoms with E-state index in [4.69, 9.17) is 16.6 Å². The first-order chi connectivity index (χ1) is 14.8. The van der Waals surface area contributed by atoms with E-state index >= 15 is 0 Å². The Morgan fingerprint density at radius 1 is 1.29 bits per heavy atom. The topological polar surface area (TPSA) is 65.5 Å². The lowest BCUT2D eigenvalue weighted by molar-refractivity contribution is -0.122. The summed E-state index contributed by atoms with van der Waals surface area (Å²) in [7, 11) is 0. The fourth-order valence-electron chi connectivity index (χ4n) is 3.82. The van der Waals surface area contributed by atoms with E-state index in [2.05, 4.69) is 5.32 Å². The molecule has 0 radical (unpaired) electrons. The molecule has 0 bridgehead atoms. The van der Waals surface area contributed by atoms with Crippen molar-refractivity contribution in [1.29, 1.82) is 0 Å². The number of anilines is 1. The first-order valence-electron chi connectivity index (χ1n) is 10.2. The minimum atomic E-state index is -0.462. The molecular weight excluding hydrogens is 437 g/mol. The van der Waals surface area contributed by atoms with Gasteiger partial charge in [-0.3, -0.25) is 4.79 Å². The van der Waals surface area contributed by atoms with Crippen molar-refractivity contribution < 1.29 is 14.3 Å². The van der Waals surface area contributed by atoms with Crippen LogP contribution in [0.5, 0.6) is 5.75 Å². The van der Waals surface area contributed by atoms with Gasteiger partial charge in [0.25, 0.3) is 0 Å². The SMILES string of the molecule is CC(C)NC(=O)[C@@H]1CCCN1c1cc(-c2ccc(Cl)s2)cc(-c2cc(F)ccc2O)n1. The van der Waals surface area contributed by atoms with Gasteiger partial charge in [0.15, 0.2) is 0 Å². The van der Waals surface area contributed by atoms with E-state index in [1.54, 1.807) is 6.07 Å². The molecule has 1 aliphatic heterocycles. The van der Waals surface area contributed by atoms with E-state index in [0.29, 0.717) is 28.0 Å². The van der Waals surface area contributed by atoms with E-state index in [9.17, 15) is 14.3 Å². The lowest BCUT2D eigenvalue weighted by Gasteiger charge is -2.26. The maximum absolute atomic E-state index is 13.9. The third-order valence-electron chi connectivity index (χ3n) is 5.18. The summed E-state index contributed by atoms with van der Waals surface area (Å²) in [6, 6.07) is 10.9. The molecule has 0 saturated carbocycles. The van der Waals surface area contributed by atoms with E-state index in [-0.39, 0.29) is 23.7 Å². The predicted molar refractivity (Wildman–Crippen MR) is 123 cm³/mol. The van der Waals surface area contributed by atoms with Crippen LogP contribution in [0.15, 0.2) is 42.5 Å². The zero-order valence-corrected chi connectivity index (χ0v) is 18.8. The molecule has 31 heavy (non-hydrogen) atoms. The van der Waals surface area contributed by atoms with Crippen LogP contribution >= 0.6 is 22.9 Å². The number of hydrogen-bond donors (Lipinski definition) is 2. The molecule has 2 N–H and O–H groups in total. The maximum Gasteiger partial charge on any atom is 0.242 e. The van der Waals surface area contributed by atoms with Crippen LogP contribution < -0.4 is 10.2 Å². The molecule has 2 aromatic heterocycles. The number of thiophene rings is 1. The summed E-state index contributed by atoms with van der Waals surface area (Å²) in [5.74, 6) is 0.0592. The van der Waals surface area contributed by atoms with Gasteiger partial charge in [0.05, 0.1) is 10.0 Å². The van der Waals surface area contributed by atoms with Gasteiger partial charge >= 0.3 is 0 Å². The Balaban J connectivity index is 1.82. The van der Waals surface area contributed by atoms with Crippen molar-refractivity contribution in [3.05, 3.63) is 52.6 Å². The van der Waals surface area contributed by atoms with Gasteiger partial charge in [0, 0.05) is 23.0 Å². The fraction of sp³-hybridized carbons (Fsp3) is 0.304. The van der Waals surface area contributed by atoms with Crippen molar-refractivity contribution in [2.75, 3.05) is 11.4 Å². The average Bonchev–Trinajstić information content (AvgIpc) is 3.38. The first-order valence-corrected chi connectivity index (χ1v) is 11.3. The molecule has 3 heterocycles. The molecule has 1 aromatic carbocycles. The summed E-state index contributed by atoms with van der Waals surface area (Å²) in [4.78, 5) is 20.4. The Hall–Kier alpha value is -2.64. The van der Waals surface area contributed by atoms with Gasteiger partial charge in [-0.05, 0) is 74.7 Å². The Bertz CT molecular complexity index is 1120. The molecule has 5 nitrogen and oxygen atoms in total. The molecule has 0 aliphatic carbocycles. The number of carbonyl (C=O) groups is 1. The summed E-state index contributed by atoms with van der Waals surface area (Å²) in [5.41, 5.74) is 1.58. The quantitative estimate of drug-likeness (QED) is 0.531. The second kappa shape index (κ2) is 8.85. The molecule has 3 aromatic rings. The minimum absolute atomic E-state index is 0.0333. The Labute approximate surface area is 189 Å². The summed E-state index contributed by atoms with van der Waals surface area (Å²) >= 11 is 7.57. The number of rotatable bonds is 5.